The highest BCUT2D eigenvalue weighted by Crippen LogP contribution is 2.37. The summed E-state index contributed by atoms with van der Waals surface area (Å²) in [7, 11) is 1.96. The number of hydrogen-bond acceptors (Lipinski definition) is 6. The minimum atomic E-state index is -4.62. The zero-order chi connectivity index (χ0) is 28.7. The van der Waals surface area contributed by atoms with Gasteiger partial charge in [-0.2, -0.15) is 13.2 Å². The number of piperazine rings is 1. The second kappa shape index (κ2) is 13.1. The number of ether oxygens (including phenoxy) is 2. The van der Waals surface area contributed by atoms with Gasteiger partial charge in [-0.3, -0.25) is 9.59 Å². The Morgan fingerprint density at radius 2 is 1.77 bits per heavy atom. The Labute approximate surface area is 234 Å². The predicted molar refractivity (Wildman–Crippen MR) is 142 cm³/mol. The van der Waals surface area contributed by atoms with Crippen molar-refractivity contribution in [2.45, 2.75) is 18.8 Å². The monoisotopic (exact) mass is 576 g/mol. The van der Waals surface area contributed by atoms with Crippen LogP contribution in [0, 0.1) is 0 Å². The molecule has 1 saturated heterocycles. The van der Waals surface area contributed by atoms with Crippen LogP contribution < -0.4 is 10.1 Å². The van der Waals surface area contributed by atoms with E-state index < -0.39 is 23.7 Å². The van der Waals surface area contributed by atoms with Gasteiger partial charge in [-0.15, -0.1) is 0 Å². The number of amides is 2. The van der Waals surface area contributed by atoms with E-state index in [1.165, 1.54) is 18.3 Å². The largest absolute Gasteiger partial charge is 0.437 e. The van der Waals surface area contributed by atoms with Crippen LogP contribution in [-0.2, 0) is 22.3 Å². The lowest BCUT2D eigenvalue weighted by Crippen LogP contribution is -2.55. The summed E-state index contributed by atoms with van der Waals surface area (Å²) in [5, 5.41) is 2.61. The number of alkyl halides is 3. The molecular weight excluding hydrogens is 549 g/mol. The quantitative estimate of drug-likeness (QED) is 0.400. The van der Waals surface area contributed by atoms with E-state index in [-0.39, 0.29) is 41.3 Å². The van der Waals surface area contributed by atoms with Crippen molar-refractivity contribution in [2.75, 3.05) is 39.8 Å². The van der Waals surface area contributed by atoms with Crippen LogP contribution in [0.3, 0.4) is 0 Å². The number of nitrogens with zero attached hydrogens (tertiary/aromatic N) is 3. The van der Waals surface area contributed by atoms with Gasteiger partial charge in [0.15, 0.2) is 0 Å². The molecule has 1 fully saturated rings. The van der Waals surface area contributed by atoms with Crippen molar-refractivity contribution < 1.29 is 32.2 Å². The Hall–Kier alpha value is -3.67. The van der Waals surface area contributed by atoms with Crippen LogP contribution in [0.5, 0.6) is 11.6 Å². The molecule has 2 heterocycles. The molecule has 4 rings (SSSR count). The minimum Gasteiger partial charge on any atom is -0.437 e. The first-order valence-corrected chi connectivity index (χ1v) is 12.9. The number of aromatic nitrogens is 1. The summed E-state index contributed by atoms with van der Waals surface area (Å²) in [6.07, 6.45) is -3.30. The maximum atomic E-state index is 13.4. The van der Waals surface area contributed by atoms with E-state index in [9.17, 15) is 22.8 Å². The van der Waals surface area contributed by atoms with E-state index in [1.807, 2.05) is 37.4 Å². The molecule has 8 nitrogen and oxygen atoms in total. The van der Waals surface area contributed by atoms with Crippen LogP contribution in [0.15, 0.2) is 66.9 Å². The predicted octanol–water partition coefficient (Wildman–Crippen LogP) is 4.64. The number of carbonyl (C=O) groups excluding carboxylic acids is 2. The molecule has 2 amide bonds. The second-order valence-electron chi connectivity index (χ2n) is 9.26. The van der Waals surface area contributed by atoms with E-state index >= 15 is 0 Å². The molecular formula is C28H28ClF3N4O4. The van der Waals surface area contributed by atoms with Gasteiger partial charge in [-0.1, -0.05) is 41.9 Å². The molecule has 0 bridgehead atoms. The van der Waals surface area contributed by atoms with Gasteiger partial charge in [0.2, 0.25) is 11.8 Å². The lowest BCUT2D eigenvalue weighted by Gasteiger charge is -2.34. The number of carbonyl (C=O) groups is 2. The summed E-state index contributed by atoms with van der Waals surface area (Å²) in [5.41, 5.74) is -0.155. The molecule has 1 aliphatic rings. The smallest absolute Gasteiger partial charge is 0.416 e. The molecule has 0 spiro atoms. The van der Waals surface area contributed by atoms with Gasteiger partial charge in [0.05, 0.1) is 23.8 Å². The summed E-state index contributed by atoms with van der Waals surface area (Å²) in [5.74, 6) is -1.60. The topological polar surface area (TPSA) is 84.0 Å². The molecule has 3 aromatic rings. The molecule has 0 unspecified atom stereocenters. The first-order valence-electron chi connectivity index (χ1n) is 12.5. The van der Waals surface area contributed by atoms with E-state index in [0.29, 0.717) is 26.2 Å². The average Bonchev–Trinajstić information content (AvgIpc) is 2.94. The van der Waals surface area contributed by atoms with Gasteiger partial charge in [0, 0.05) is 32.4 Å². The summed E-state index contributed by atoms with van der Waals surface area (Å²) in [6, 6.07) is 13.8. The molecule has 0 saturated carbocycles. The van der Waals surface area contributed by atoms with Crippen LogP contribution in [-0.4, -0.2) is 72.5 Å². The number of hydrogen-bond donors (Lipinski definition) is 1. The van der Waals surface area contributed by atoms with E-state index in [0.717, 1.165) is 23.8 Å². The van der Waals surface area contributed by atoms with Crippen LogP contribution >= 0.6 is 11.6 Å². The fraction of sp³-hybridized carbons (Fsp3) is 0.321. The maximum Gasteiger partial charge on any atom is 0.416 e. The Morgan fingerprint density at radius 3 is 2.48 bits per heavy atom. The van der Waals surface area contributed by atoms with Crippen LogP contribution in [0.25, 0.3) is 0 Å². The first-order chi connectivity index (χ1) is 19.1. The number of benzene rings is 2. The molecule has 40 heavy (non-hydrogen) atoms. The van der Waals surface area contributed by atoms with E-state index in [1.54, 1.807) is 4.90 Å². The summed E-state index contributed by atoms with van der Waals surface area (Å²) >= 11 is 6.07. The van der Waals surface area contributed by atoms with Gasteiger partial charge in [-0.25, -0.2) is 4.98 Å². The van der Waals surface area contributed by atoms with Crippen molar-refractivity contribution >= 4 is 23.4 Å². The SMILES string of the molecule is CN1CCN(C(=O)[C@@H](COCc2ccccc2)NC(=O)c2cccnc2Oc2cc(C(F)(F)F)ccc2Cl)CC1. The van der Waals surface area contributed by atoms with Crippen molar-refractivity contribution in [3.8, 4) is 11.6 Å². The molecule has 0 aliphatic carbocycles. The standard InChI is InChI=1S/C28H28ClF3N4O4/c1-35-12-14-36(15-13-35)27(38)23(18-39-17-19-6-3-2-4-7-19)34-25(37)21-8-5-11-33-26(21)40-24-16-20(28(30,31)32)9-10-22(24)29/h2-11,16,23H,12-15,17-18H2,1H3,(H,34,37)/t23-/m1/s1. The number of pyridine rings is 1. The van der Waals surface area contributed by atoms with Gasteiger partial charge in [-0.05, 0) is 42.9 Å². The summed E-state index contributed by atoms with van der Waals surface area (Å²) in [4.78, 5) is 34.6. The van der Waals surface area contributed by atoms with Crippen molar-refractivity contribution in [2.24, 2.45) is 0 Å². The third-order valence-corrected chi connectivity index (χ3v) is 6.61. The van der Waals surface area contributed by atoms with Gasteiger partial charge in [0.1, 0.15) is 17.4 Å². The number of likely N-dealkylation sites (N-methyl/N-ethyl adjacent to an activating group) is 1. The first kappa shape index (κ1) is 29.3. The van der Waals surface area contributed by atoms with Gasteiger partial charge < -0.3 is 24.6 Å². The highest BCUT2D eigenvalue weighted by atomic mass is 35.5. The molecule has 1 atom stereocenters. The van der Waals surface area contributed by atoms with E-state index in [2.05, 4.69) is 15.2 Å². The average molecular weight is 577 g/mol. The second-order valence-corrected chi connectivity index (χ2v) is 9.66. The zero-order valence-corrected chi connectivity index (χ0v) is 22.4. The highest BCUT2D eigenvalue weighted by Gasteiger charge is 2.32. The van der Waals surface area contributed by atoms with Gasteiger partial charge >= 0.3 is 6.18 Å². The number of rotatable bonds is 9. The lowest BCUT2D eigenvalue weighted by molar-refractivity contribution is -0.138. The molecule has 2 aromatic carbocycles. The fourth-order valence-electron chi connectivity index (χ4n) is 4.03. The molecule has 1 N–H and O–H groups in total. The number of nitrogens with one attached hydrogen (secondary N) is 1. The Kier molecular flexibility index (Phi) is 9.62. The van der Waals surface area contributed by atoms with Crippen molar-refractivity contribution in [1.29, 1.82) is 0 Å². The van der Waals surface area contributed by atoms with Crippen molar-refractivity contribution in [3.05, 3.63) is 88.6 Å². The van der Waals surface area contributed by atoms with Crippen molar-refractivity contribution in [1.82, 2.24) is 20.1 Å². The van der Waals surface area contributed by atoms with Gasteiger partial charge in [0.25, 0.3) is 5.91 Å². The third-order valence-electron chi connectivity index (χ3n) is 6.30. The molecule has 0 radical (unpaired) electrons. The molecule has 1 aromatic heterocycles. The zero-order valence-electron chi connectivity index (χ0n) is 21.7. The molecule has 1 aliphatic heterocycles. The minimum absolute atomic E-state index is 0.0878. The van der Waals surface area contributed by atoms with Crippen LogP contribution in [0.4, 0.5) is 13.2 Å². The van der Waals surface area contributed by atoms with Crippen molar-refractivity contribution in [3.63, 3.8) is 0 Å². The highest BCUT2D eigenvalue weighted by molar-refractivity contribution is 6.32. The molecule has 212 valence electrons. The Balaban J connectivity index is 1.52. The van der Waals surface area contributed by atoms with Crippen LogP contribution in [0.1, 0.15) is 21.5 Å². The lowest BCUT2D eigenvalue weighted by atomic mass is 10.2. The third kappa shape index (κ3) is 7.71. The summed E-state index contributed by atoms with van der Waals surface area (Å²) < 4.78 is 51.0. The number of halogens is 4. The molecule has 12 heteroatoms. The van der Waals surface area contributed by atoms with E-state index in [4.69, 9.17) is 21.1 Å². The fourth-order valence-corrected chi connectivity index (χ4v) is 4.19. The maximum absolute atomic E-state index is 13.4. The Morgan fingerprint density at radius 1 is 1.05 bits per heavy atom. The van der Waals surface area contributed by atoms with Crippen LogP contribution in [0.2, 0.25) is 5.02 Å². The summed E-state index contributed by atoms with van der Waals surface area (Å²) in [6.45, 7) is 2.51. The normalized spacial score (nSPS) is 15.0. The Bertz CT molecular complexity index is 1320.